The lowest BCUT2D eigenvalue weighted by Crippen LogP contribution is -2.44. The number of ether oxygens (including phenoxy) is 1. The van der Waals surface area contributed by atoms with Crippen molar-refractivity contribution in [2.45, 2.75) is 65.4 Å². The first-order valence-electron chi connectivity index (χ1n) is 8.79. The maximum atomic E-state index is 12.2. The first-order chi connectivity index (χ1) is 10.6. The molecule has 0 aromatic heterocycles. The maximum Gasteiger partial charge on any atom is 0.248 e. The molecular formula is C17H32N2O3. The molecular weight excluding hydrogens is 280 g/mol. The molecule has 1 fully saturated rings. The monoisotopic (exact) mass is 312 g/mol. The van der Waals surface area contributed by atoms with Crippen LogP contribution in [0, 0.1) is 5.92 Å². The summed E-state index contributed by atoms with van der Waals surface area (Å²) in [7, 11) is 0. The fraction of sp³-hybridized carbons (Fsp3) is 0.882. The van der Waals surface area contributed by atoms with E-state index in [2.05, 4.69) is 19.2 Å². The molecule has 1 unspecified atom stereocenters. The van der Waals surface area contributed by atoms with Crippen LogP contribution in [0.1, 0.15) is 59.3 Å². The molecule has 0 spiro atoms. The van der Waals surface area contributed by atoms with Gasteiger partial charge in [0.25, 0.3) is 0 Å². The maximum absolute atomic E-state index is 12.2. The van der Waals surface area contributed by atoms with Crippen LogP contribution in [-0.2, 0) is 14.3 Å². The summed E-state index contributed by atoms with van der Waals surface area (Å²) < 4.78 is 5.70. The van der Waals surface area contributed by atoms with Gasteiger partial charge in [-0.1, -0.05) is 27.2 Å². The first kappa shape index (κ1) is 18.9. The van der Waals surface area contributed by atoms with Crippen LogP contribution in [0.15, 0.2) is 0 Å². The van der Waals surface area contributed by atoms with Gasteiger partial charge in [-0.15, -0.1) is 0 Å². The number of carbonyl (C=O) groups is 2. The summed E-state index contributed by atoms with van der Waals surface area (Å²) in [5.41, 5.74) is 0. The minimum atomic E-state index is 0.0556. The van der Waals surface area contributed by atoms with Gasteiger partial charge in [0.1, 0.15) is 6.61 Å². The second-order valence-electron chi connectivity index (χ2n) is 6.08. The van der Waals surface area contributed by atoms with E-state index in [0.717, 1.165) is 45.1 Å². The Labute approximate surface area is 134 Å². The summed E-state index contributed by atoms with van der Waals surface area (Å²) in [5, 5.41) is 2.94. The molecule has 0 aromatic carbocycles. The molecule has 0 aromatic rings. The zero-order valence-electron chi connectivity index (χ0n) is 14.4. The molecule has 0 radical (unpaired) electrons. The lowest BCUT2D eigenvalue weighted by Gasteiger charge is -2.31. The van der Waals surface area contributed by atoms with Crippen LogP contribution in [0.25, 0.3) is 0 Å². The highest BCUT2D eigenvalue weighted by Gasteiger charge is 2.27. The summed E-state index contributed by atoms with van der Waals surface area (Å²) in [4.78, 5) is 25.9. The number of amides is 2. The Kier molecular flexibility index (Phi) is 9.13. The van der Waals surface area contributed by atoms with Crippen molar-refractivity contribution in [3.05, 3.63) is 0 Å². The predicted molar refractivity (Wildman–Crippen MR) is 87.5 cm³/mol. The fourth-order valence-corrected chi connectivity index (χ4v) is 2.79. The molecule has 1 aliphatic rings. The molecule has 5 heteroatoms. The van der Waals surface area contributed by atoms with Gasteiger partial charge < -0.3 is 15.0 Å². The van der Waals surface area contributed by atoms with Gasteiger partial charge >= 0.3 is 0 Å². The highest BCUT2D eigenvalue weighted by molar-refractivity contribution is 5.80. The molecule has 128 valence electrons. The fourth-order valence-electron chi connectivity index (χ4n) is 2.79. The van der Waals surface area contributed by atoms with E-state index in [1.54, 1.807) is 0 Å². The number of hydrogen-bond donors (Lipinski definition) is 1. The number of nitrogens with one attached hydrogen (secondary N) is 1. The normalized spacial score (nSPS) is 17.3. The summed E-state index contributed by atoms with van der Waals surface area (Å²) in [6, 6.07) is 0. The third-order valence-corrected chi connectivity index (χ3v) is 4.28. The Hall–Kier alpha value is -1.10. The Morgan fingerprint density at radius 1 is 1.18 bits per heavy atom. The van der Waals surface area contributed by atoms with Crippen molar-refractivity contribution in [3.63, 3.8) is 0 Å². The SMILES string of the molecule is CCCNC(=O)C1CCN(C(=O)COC(CC)CCC)CC1. The summed E-state index contributed by atoms with van der Waals surface area (Å²) in [6.45, 7) is 8.50. The van der Waals surface area contributed by atoms with Crippen molar-refractivity contribution in [1.29, 1.82) is 0 Å². The summed E-state index contributed by atoms with van der Waals surface area (Å²) in [6.07, 6.45) is 5.68. The van der Waals surface area contributed by atoms with Gasteiger partial charge in [0.05, 0.1) is 6.10 Å². The van der Waals surface area contributed by atoms with E-state index in [9.17, 15) is 9.59 Å². The van der Waals surface area contributed by atoms with E-state index in [-0.39, 0.29) is 30.4 Å². The molecule has 1 aliphatic heterocycles. The third-order valence-electron chi connectivity index (χ3n) is 4.28. The van der Waals surface area contributed by atoms with Crippen LogP contribution in [0.2, 0.25) is 0 Å². The molecule has 0 saturated carbocycles. The molecule has 1 N–H and O–H groups in total. The van der Waals surface area contributed by atoms with Gasteiger partial charge in [-0.3, -0.25) is 9.59 Å². The number of rotatable bonds is 9. The van der Waals surface area contributed by atoms with Crippen molar-refractivity contribution in [1.82, 2.24) is 10.2 Å². The van der Waals surface area contributed by atoms with Crippen molar-refractivity contribution in [2.24, 2.45) is 5.92 Å². The molecule has 1 heterocycles. The molecule has 1 atom stereocenters. The lowest BCUT2D eigenvalue weighted by molar-refractivity contribution is -0.141. The highest BCUT2D eigenvalue weighted by atomic mass is 16.5. The largest absolute Gasteiger partial charge is 0.368 e. The van der Waals surface area contributed by atoms with Gasteiger partial charge in [-0.05, 0) is 32.1 Å². The second kappa shape index (κ2) is 10.6. The van der Waals surface area contributed by atoms with E-state index < -0.39 is 0 Å². The minimum Gasteiger partial charge on any atom is -0.368 e. The van der Waals surface area contributed by atoms with Gasteiger partial charge in [-0.25, -0.2) is 0 Å². The molecule has 5 nitrogen and oxygen atoms in total. The van der Waals surface area contributed by atoms with E-state index in [1.165, 1.54) is 0 Å². The number of hydrogen-bond acceptors (Lipinski definition) is 3. The molecule has 22 heavy (non-hydrogen) atoms. The summed E-state index contributed by atoms with van der Waals surface area (Å²) >= 11 is 0. The van der Waals surface area contributed by atoms with Crippen LogP contribution in [0.5, 0.6) is 0 Å². The van der Waals surface area contributed by atoms with E-state index >= 15 is 0 Å². The van der Waals surface area contributed by atoms with E-state index in [1.807, 2.05) is 11.8 Å². The third kappa shape index (κ3) is 6.34. The smallest absolute Gasteiger partial charge is 0.248 e. The first-order valence-corrected chi connectivity index (χ1v) is 8.79. The Balaban J connectivity index is 2.28. The van der Waals surface area contributed by atoms with Crippen LogP contribution >= 0.6 is 0 Å². The van der Waals surface area contributed by atoms with Crippen molar-refractivity contribution in [2.75, 3.05) is 26.2 Å². The average Bonchev–Trinajstić information content (AvgIpc) is 2.56. The standard InChI is InChI=1S/C17H32N2O3/c1-4-7-15(6-3)22-13-16(20)19-11-8-14(9-12-19)17(21)18-10-5-2/h14-15H,4-13H2,1-3H3,(H,18,21). The zero-order chi connectivity index (χ0) is 16.4. The predicted octanol–water partition coefficient (Wildman–Crippen LogP) is 2.35. The lowest BCUT2D eigenvalue weighted by atomic mass is 9.96. The Bertz CT molecular complexity index is 339. The number of piperidine rings is 1. The van der Waals surface area contributed by atoms with Crippen molar-refractivity contribution < 1.29 is 14.3 Å². The number of carbonyl (C=O) groups excluding carboxylic acids is 2. The van der Waals surface area contributed by atoms with Crippen molar-refractivity contribution in [3.8, 4) is 0 Å². The van der Waals surface area contributed by atoms with E-state index in [0.29, 0.717) is 13.1 Å². The molecule has 1 rings (SSSR count). The van der Waals surface area contributed by atoms with E-state index in [4.69, 9.17) is 4.74 Å². The van der Waals surface area contributed by atoms with Crippen molar-refractivity contribution >= 4 is 11.8 Å². The topological polar surface area (TPSA) is 58.6 Å². The van der Waals surface area contributed by atoms with Crippen LogP contribution in [-0.4, -0.2) is 49.1 Å². The van der Waals surface area contributed by atoms with Crippen LogP contribution in [0.4, 0.5) is 0 Å². The summed E-state index contributed by atoms with van der Waals surface area (Å²) in [5.74, 6) is 0.251. The van der Waals surface area contributed by atoms with Gasteiger partial charge in [0.2, 0.25) is 11.8 Å². The molecule has 0 bridgehead atoms. The Morgan fingerprint density at radius 3 is 2.41 bits per heavy atom. The molecule has 1 saturated heterocycles. The van der Waals surface area contributed by atoms with Gasteiger partial charge in [0.15, 0.2) is 0 Å². The Morgan fingerprint density at radius 2 is 1.86 bits per heavy atom. The second-order valence-corrected chi connectivity index (χ2v) is 6.08. The van der Waals surface area contributed by atoms with Gasteiger partial charge in [0, 0.05) is 25.6 Å². The van der Waals surface area contributed by atoms with Crippen LogP contribution < -0.4 is 5.32 Å². The minimum absolute atomic E-state index is 0.0556. The highest BCUT2D eigenvalue weighted by Crippen LogP contribution is 2.18. The quantitative estimate of drug-likeness (QED) is 0.711. The average molecular weight is 312 g/mol. The number of nitrogens with zero attached hydrogens (tertiary/aromatic N) is 1. The molecule has 0 aliphatic carbocycles. The zero-order valence-corrected chi connectivity index (χ0v) is 14.4. The molecule has 2 amide bonds. The number of likely N-dealkylation sites (tertiary alicyclic amines) is 1. The van der Waals surface area contributed by atoms with Crippen LogP contribution in [0.3, 0.4) is 0 Å². The van der Waals surface area contributed by atoms with Gasteiger partial charge in [-0.2, -0.15) is 0 Å².